The molecule has 0 atom stereocenters. The van der Waals surface area contributed by atoms with Crippen LogP contribution in [0.25, 0.3) is 11.0 Å². The highest BCUT2D eigenvalue weighted by Gasteiger charge is 2.26. The van der Waals surface area contributed by atoms with E-state index in [0.717, 1.165) is 16.0 Å². The lowest BCUT2D eigenvalue weighted by Crippen LogP contribution is -2.33. The number of nitrogens with zero attached hydrogens (tertiary/aromatic N) is 3. The molecule has 0 saturated carbocycles. The maximum Gasteiger partial charge on any atom is 0.321 e. The van der Waals surface area contributed by atoms with E-state index in [2.05, 4.69) is 8.75 Å². The Morgan fingerprint density at radius 3 is 2.85 bits per heavy atom. The highest BCUT2D eigenvalue weighted by molar-refractivity contribution is 7.89. The number of hydrogen-bond donors (Lipinski definition) is 0. The van der Waals surface area contributed by atoms with Crippen molar-refractivity contribution in [1.82, 2.24) is 13.1 Å². The van der Waals surface area contributed by atoms with Crippen LogP contribution in [0.5, 0.6) is 0 Å². The van der Waals surface area contributed by atoms with Gasteiger partial charge in [0, 0.05) is 7.05 Å². The number of carbonyl (C=O) groups is 1. The van der Waals surface area contributed by atoms with Gasteiger partial charge in [-0.25, -0.2) is 8.42 Å². The van der Waals surface area contributed by atoms with E-state index in [1.165, 1.54) is 13.1 Å². The van der Waals surface area contributed by atoms with Crippen LogP contribution >= 0.6 is 11.7 Å². The fourth-order valence-electron chi connectivity index (χ4n) is 1.63. The van der Waals surface area contributed by atoms with Gasteiger partial charge in [0.15, 0.2) is 0 Å². The van der Waals surface area contributed by atoms with E-state index < -0.39 is 16.0 Å². The van der Waals surface area contributed by atoms with Crippen molar-refractivity contribution >= 4 is 38.8 Å². The molecule has 2 rings (SSSR count). The Hall–Kier alpha value is -1.58. The number of esters is 1. The third-order valence-electron chi connectivity index (χ3n) is 2.59. The van der Waals surface area contributed by atoms with Gasteiger partial charge < -0.3 is 4.74 Å². The second-order valence-electron chi connectivity index (χ2n) is 3.95. The minimum absolute atomic E-state index is 0.0375. The van der Waals surface area contributed by atoms with Crippen LogP contribution in [0, 0.1) is 0 Å². The highest BCUT2D eigenvalue weighted by atomic mass is 32.2. The number of rotatable bonds is 5. The summed E-state index contributed by atoms with van der Waals surface area (Å²) in [6.07, 6.45) is 0. The second kappa shape index (κ2) is 5.81. The van der Waals surface area contributed by atoms with Gasteiger partial charge in [-0.3, -0.25) is 4.79 Å². The van der Waals surface area contributed by atoms with Crippen LogP contribution in [0.4, 0.5) is 0 Å². The number of likely N-dealkylation sites (N-methyl/N-ethyl adjacent to an activating group) is 1. The Morgan fingerprint density at radius 2 is 2.15 bits per heavy atom. The van der Waals surface area contributed by atoms with E-state index in [0.29, 0.717) is 11.0 Å². The van der Waals surface area contributed by atoms with Crippen molar-refractivity contribution in [3.8, 4) is 0 Å². The Balaban J connectivity index is 2.35. The number of fused-ring (bicyclic) bond motifs is 1. The summed E-state index contributed by atoms with van der Waals surface area (Å²) in [7, 11) is -2.49. The van der Waals surface area contributed by atoms with E-state index in [4.69, 9.17) is 4.74 Å². The van der Waals surface area contributed by atoms with Gasteiger partial charge in [0.1, 0.15) is 22.5 Å². The quantitative estimate of drug-likeness (QED) is 0.761. The molecule has 0 radical (unpaired) electrons. The van der Waals surface area contributed by atoms with Crippen molar-refractivity contribution in [2.45, 2.75) is 11.8 Å². The first kappa shape index (κ1) is 14.8. The first-order chi connectivity index (χ1) is 9.46. The van der Waals surface area contributed by atoms with Crippen LogP contribution in [-0.2, 0) is 19.6 Å². The van der Waals surface area contributed by atoms with Crippen molar-refractivity contribution in [2.75, 3.05) is 20.2 Å². The van der Waals surface area contributed by atoms with Gasteiger partial charge in [0.2, 0.25) is 10.0 Å². The van der Waals surface area contributed by atoms with Crippen molar-refractivity contribution in [3.05, 3.63) is 18.2 Å². The monoisotopic (exact) mass is 315 g/mol. The molecule has 108 valence electrons. The molecule has 2 aromatic rings. The Kier molecular flexibility index (Phi) is 4.31. The predicted octanol–water partition coefficient (Wildman–Crippen LogP) is 0.875. The van der Waals surface area contributed by atoms with E-state index in [1.807, 2.05) is 0 Å². The standard InChI is InChI=1S/C11H13N3O4S2/c1-3-18-10(15)7-14(2)20(16,17)9-6-4-5-8-11(9)13-19-12-8/h4-6H,3,7H2,1-2H3. The number of ether oxygens (including phenoxy) is 1. The molecule has 0 amide bonds. The van der Waals surface area contributed by atoms with E-state index >= 15 is 0 Å². The summed E-state index contributed by atoms with van der Waals surface area (Å²) in [5, 5.41) is 0. The molecule has 0 aliphatic heterocycles. The van der Waals surface area contributed by atoms with Crippen LogP contribution < -0.4 is 0 Å². The lowest BCUT2D eigenvalue weighted by atomic mass is 10.3. The molecular formula is C11H13N3O4S2. The summed E-state index contributed by atoms with van der Waals surface area (Å²) in [4.78, 5) is 11.4. The van der Waals surface area contributed by atoms with Crippen LogP contribution in [0.1, 0.15) is 6.92 Å². The largest absolute Gasteiger partial charge is 0.465 e. The molecule has 0 N–H and O–H groups in total. The zero-order valence-corrected chi connectivity index (χ0v) is 12.6. The molecule has 0 fully saturated rings. The number of aromatic nitrogens is 2. The van der Waals surface area contributed by atoms with Crippen LogP contribution in [0.2, 0.25) is 0 Å². The third-order valence-corrected chi connectivity index (χ3v) is 4.97. The molecular weight excluding hydrogens is 302 g/mol. The van der Waals surface area contributed by atoms with Crippen LogP contribution in [0.3, 0.4) is 0 Å². The summed E-state index contributed by atoms with van der Waals surface area (Å²) in [5.41, 5.74) is 0.828. The molecule has 20 heavy (non-hydrogen) atoms. The average molecular weight is 315 g/mol. The van der Waals surface area contributed by atoms with Gasteiger partial charge in [-0.2, -0.15) is 13.1 Å². The molecule has 0 bridgehead atoms. The van der Waals surface area contributed by atoms with E-state index in [9.17, 15) is 13.2 Å². The Bertz CT molecular complexity index is 726. The minimum Gasteiger partial charge on any atom is -0.465 e. The van der Waals surface area contributed by atoms with Gasteiger partial charge in [-0.1, -0.05) is 6.07 Å². The van der Waals surface area contributed by atoms with Gasteiger partial charge in [-0.05, 0) is 19.1 Å². The minimum atomic E-state index is -3.81. The highest BCUT2D eigenvalue weighted by Crippen LogP contribution is 2.23. The molecule has 0 aliphatic carbocycles. The summed E-state index contributed by atoms with van der Waals surface area (Å²) < 4.78 is 38.6. The van der Waals surface area contributed by atoms with Crippen LogP contribution in [0.15, 0.2) is 23.1 Å². The summed E-state index contributed by atoms with van der Waals surface area (Å²) in [6, 6.07) is 4.72. The smallest absolute Gasteiger partial charge is 0.321 e. The zero-order chi connectivity index (χ0) is 14.8. The molecule has 9 heteroatoms. The van der Waals surface area contributed by atoms with Gasteiger partial charge in [-0.15, -0.1) is 0 Å². The molecule has 0 unspecified atom stereocenters. The Labute approximate surface area is 120 Å². The number of sulfonamides is 1. The second-order valence-corrected chi connectivity index (χ2v) is 6.50. The first-order valence-electron chi connectivity index (χ1n) is 5.80. The normalized spacial score (nSPS) is 11.9. The predicted molar refractivity (Wildman–Crippen MR) is 73.9 cm³/mol. The molecule has 1 aromatic carbocycles. The molecule has 1 heterocycles. The number of hydrogen-bond acceptors (Lipinski definition) is 7. The topological polar surface area (TPSA) is 89.5 Å². The third kappa shape index (κ3) is 2.79. The number of benzene rings is 1. The van der Waals surface area contributed by atoms with E-state index in [1.54, 1.807) is 19.1 Å². The maximum atomic E-state index is 12.4. The van der Waals surface area contributed by atoms with Crippen LogP contribution in [-0.4, -0.2) is 47.6 Å². The van der Waals surface area contributed by atoms with Crippen molar-refractivity contribution < 1.29 is 17.9 Å². The summed E-state index contributed by atoms with van der Waals surface area (Å²) in [5.74, 6) is -0.595. The molecule has 0 saturated heterocycles. The van der Waals surface area contributed by atoms with E-state index in [-0.39, 0.29) is 18.0 Å². The van der Waals surface area contributed by atoms with Gasteiger partial charge in [0.25, 0.3) is 0 Å². The fraction of sp³-hybridized carbons (Fsp3) is 0.364. The molecule has 1 aromatic heterocycles. The zero-order valence-electron chi connectivity index (χ0n) is 10.9. The van der Waals surface area contributed by atoms with Crippen molar-refractivity contribution in [1.29, 1.82) is 0 Å². The molecule has 7 nitrogen and oxygen atoms in total. The first-order valence-corrected chi connectivity index (χ1v) is 7.97. The van der Waals surface area contributed by atoms with Crippen molar-refractivity contribution in [3.63, 3.8) is 0 Å². The summed E-state index contributed by atoms with van der Waals surface area (Å²) in [6.45, 7) is 1.52. The molecule has 0 aliphatic rings. The fourth-order valence-corrected chi connectivity index (χ4v) is 3.49. The van der Waals surface area contributed by atoms with Gasteiger partial charge in [0.05, 0.1) is 18.3 Å². The van der Waals surface area contributed by atoms with Gasteiger partial charge >= 0.3 is 5.97 Å². The summed E-state index contributed by atoms with van der Waals surface area (Å²) >= 11 is 0.942. The molecule has 0 spiro atoms. The maximum absolute atomic E-state index is 12.4. The SMILES string of the molecule is CCOC(=O)CN(C)S(=O)(=O)c1cccc2nsnc12. The average Bonchev–Trinajstić information content (AvgIpc) is 2.86. The lowest BCUT2D eigenvalue weighted by Gasteiger charge is -2.16. The van der Waals surface area contributed by atoms with Crippen molar-refractivity contribution in [2.24, 2.45) is 0 Å². The number of carbonyl (C=O) groups excluding carboxylic acids is 1. The Morgan fingerprint density at radius 1 is 1.40 bits per heavy atom. The lowest BCUT2D eigenvalue weighted by molar-refractivity contribution is -0.143.